The lowest BCUT2D eigenvalue weighted by molar-refractivity contribution is -0.129. The van der Waals surface area contributed by atoms with Gasteiger partial charge in [0.15, 0.2) is 11.2 Å². The van der Waals surface area contributed by atoms with E-state index in [2.05, 4.69) is 23.8 Å². The number of unbranched alkanes of at least 4 members (excludes halogenated alkanes) is 3. The number of hydrogen-bond donors (Lipinski definition) is 1. The molecule has 0 atom stereocenters. The van der Waals surface area contributed by atoms with E-state index >= 15 is 0 Å². The third-order valence-corrected chi connectivity index (χ3v) is 5.23. The van der Waals surface area contributed by atoms with Crippen LogP contribution in [0.25, 0.3) is 11.2 Å². The van der Waals surface area contributed by atoms with E-state index in [0.29, 0.717) is 42.9 Å². The Labute approximate surface area is 171 Å². The van der Waals surface area contributed by atoms with E-state index in [1.165, 1.54) is 0 Å². The van der Waals surface area contributed by atoms with Crippen molar-refractivity contribution in [2.75, 3.05) is 13.6 Å². The molecule has 0 spiro atoms. The van der Waals surface area contributed by atoms with Gasteiger partial charge >= 0.3 is 5.69 Å². The number of nitrogens with one attached hydrogen (secondary N) is 1. The normalized spacial score (nSPS) is 11.3. The van der Waals surface area contributed by atoms with Crippen molar-refractivity contribution >= 4 is 17.1 Å². The predicted octanol–water partition coefficient (Wildman–Crippen LogP) is 2.68. The van der Waals surface area contributed by atoms with Gasteiger partial charge in [0.1, 0.15) is 5.82 Å². The molecule has 0 aliphatic heterocycles. The lowest BCUT2D eigenvalue weighted by atomic mass is 10.2. The molecule has 29 heavy (non-hydrogen) atoms. The van der Waals surface area contributed by atoms with Crippen LogP contribution < -0.4 is 11.2 Å². The second-order valence-electron chi connectivity index (χ2n) is 7.64. The Morgan fingerprint density at radius 3 is 2.34 bits per heavy atom. The first-order chi connectivity index (χ1) is 13.9. The lowest BCUT2D eigenvalue weighted by Gasteiger charge is -2.16. The Morgan fingerprint density at radius 1 is 1.00 bits per heavy atom. The maximum atomic E-state index is 12.6. The Bertz CT molecular complexity index is 925. The molecular formula is C21H35N5O3. The summed E-state index contributed by atoms with van der Waals surface area (Å²) < 4.78 is 3.48. The molecule has 0 unspecified atom stereocenters. The molecule has 2 aromatic rings. The second kappa shape index (κ2) is 11.0. The van der Waals surface area contributed by atoms with Gasteiger partial charge in [-0.1, -0.05) is 40.0 Å². The summed E-state index contributed by atoms with van der Waals surface area (Å²) in [5.74, 6) is 0.770. The highest BCUT2D eigenvalue weighted by Gasteiger charge is 2.19. The first-order valence-electron chi connectivity index (χ1n) is 10.9. The number of nitrogens with zero attached hydrogens (tertiary/aromatic N) is 4. The van der Waals surface area contributed by atoms with Crippen LogP contribution in [0.4, 0.5) is 0 Å². The number of aryl methyl sites for hydroxylation is 3. The first-order valence-corrected chi connectivity index (χ1v) is 10.9. The molecule has 162 valence electrons. The minimum absolute atomic E-state index is 0.0660. The SMILES string of the molecule is CCCCCn1c(CCC(=O)N(C)CCC)nc2c1c(=O)[nH]c(=O)n2CCCC. The summed E-state index contributed by atoms with van der Waals surface area (Å²) in [5, 5.41) is 0. The molecule has 0 saturated heterocycles. The topological polar surface area (TPSA) is 93.0 Å². The molecule has 1 amide bonds. The minimum Gasteiger partial charge on any atom is -0.346 e. The number of amides is 1. The van der Waals surface area contributed by atoms with Gasteiger partial charge in [0.2, 0.25) is 5.91 Å². The minimum atomic E-state index is -0.417. The van der Waals surface area contributed by atoms with Gasteiger partial charge in [0.05, 0.1) is 0 Å². The number of rotatable bonds is 12. The average molecular weight is 406 g/mol. The Hall–Kier alpha value is -2.38. The number of fused-ring (bicyclic) bond motifs is 1. The highest BCUT2D eigenvalue weighted by molar-refractivity contribution is 5.76. The van der Waals surface area contributed by atoms with E-state index in [1.54, 1.807) is 9.47 Å². The standard InChI is InChI=1S/C21H35N5O3/c1-5-8-10-15-25-16(11-12-17(27)24(4)13-7-3)22-19-18(25)20(28)23-21(29)26(19)14-9-6-2/h5-15H2,1-4H3,(H,23,28,29). The van der Waals surface area contributed by atoms with E-state index in [9.17, 15) is 14.4 Å². The Balaban J connectivity index is 2.45. The summed E-state index contributed by atoms with van der Waals surface area (Å²) in [6, 6.07) is 0. The van der Waals surface area contributed by atoms with Crippen molar-refractivity contribution in [3.05, 3.63) is 26.7 Å². The highest BCUT2D eigenvalue weighted by atomic mass is 16.2. The quantitative estimate of drug-likeness (QED) is 0.550. The van der Waals surface area contributed by atoms with Crippen molar-refractivity contribution in [3.8, 4) is 0 Å². The molecule has 8 nitrogen and oxygen atoms in total. The molecule has 0 aliphatic carbocycles. The number of hydrogen-bond acceptors (Lipinski definition) is 4. The van der Waals surface area contributed by atoms with Crippen molar-refractivity contribution in [1.82, 2.24) is 24.0 Å². The van der Waals surface area contributed by atoms with Crippen LogP contribution in [0.2, 0.25) is 0 Å². The van der Waals surface area contributed by atoms with E-state index < -0.39 is 11.2 Å². The van der Waals surface area contributed by atoms with Gasteiger partial charge < -0.3 is 9.47 Å². The van der Waals surface area contributed by atoms with Gasteiger partial charge in [-0.15, -0.1) is 0 Å². The van der Waals surface area contributed by atoms with Crippen LogP contribution in [0.3, 0.4) is 0 Å². The molecule has 1 N–H and O–H groups in total. The van der Waals surface area contributed by atoms with E-state index in [-0.39, 0.29) is 5.91 Å². The van der Waals surface area contributed by atoms with Gasteiger partial charge in [-0.3, -0.25) is 19.1 Å². The summed E-state index contributed by atoms with van der Waals surface area (Å²) in [5.41, 5.74) is 0.0658. The number of H-pyrrole nitrogens is 1. The van der Waals surface area contributed by atoms with Gasteiger partial charge in [-0.25, -0.2) is 9.78 Å². The fourth-order valence-electron chi connectivity index (χ4n) is 3.56. The Kier molecular flexibility index (Phi) is 8.67. The van der Waals surface area contributed by atoms with Gasteiger partial charge in [0.25, 0.3) is 5.56 Å². The molecule has 2 aromatic heterocycles. The number of carbonyl (C=O) groups is 1. The molecule has 0 bridgehead atoms. The smallest absolute Gasteiger partial charge is 0.330 e. The van der Waals surface area contributed by atoms with Crippen LogP contribution in [-0.4, -0.2) is 43.5 Å². The molecule has 0 aliphatic rings. The van der Waals surface area contributed by atoms with Crippen LogP contribution in [0.15, 0.2) is 9.59 Å². The third-order valence-electron chi connectivity index (χ3n) is 5.23. The third kappa shape index (κ3) is 5.58. The van der Waals surface area contributed by atoms with E-state index in [4.69, 9.17) is 0 Å². The van der Waals surface area contributed by atoms with Crippen molar-refractivity contribution in [3.63, 3.8) is 0 Å². The Morgan fingerprint density at radius 2 is 1.69 bits per heavy atom. The first kappa shape index (κ1) is 22.9. The molecule has 0 radical (unpaired) electrons. The van der Waals surface area contributed by atoms with Gasteiger partial charge in [-0.2, -0.15) is 0 Å². The van der Waals surface area contributed by atoms with E-state index in [1.807, 2.05) is 18.5 Å². The van der Waals surface area contributed by atoms with Crippen molar-refractivity contribution in [2.45, 2.75) is 85.2 Å². The largest absolute Gasteiger partial charge is 0.346 e. The predicted molar refractivity (Wildman–Crippen MR) is 115 cm³/mol. The van der Waals surface area contributed by atoms with Gasteiger partial charge in [0, 0.05) is 39.5 Å². The zero-order valence-corrected chi connectivity index (χ0v) is 18.3. The number of aromatic amines is 1. The number of aromatic nitrogens is 4. The number of imidazole rings is 1. The van der Waals surface area contributed by atoms with Crippen LogP contribution in [-0.2, 0) is 24.3 Å². The van der Waals surface area contributed by atoms with Crippen molar-refractivity contribution in [2.24, 2.45) is 0 Å². The second-order valence-corrected chi connectivity index (χ2v) is 7.64. The molecular weight excluding hydrogens is 370 g/mol. The van der Waals surface area contributed by atoms with Crippen LogP contribution >= 0.6 is 0 Å². The monoisotopic (exact) mass is 405 g/mol. The fraction of sp³-hybridized carbons (Fsp3) is 0.714. The molecule has 2 heterocycles. The van der Waals surface area contributed by atoms with Crippen LogP contribution in [0.1, 0.15) is 71.5 Å². The average Bonchev–Trinajstić information content (AvgIpc) is 3.05. The molecule has 2 rings (SSSR count). The maximum absolute atomic E-state index is 12.6. The summed E-state index contributed by atoms with van der Waals surface area (Å²) >= 11 is 0. The highest BCUT2D eigenvalue weighted by Crippen LogP contribution is 2.16. The van der Waals surface area contributed by atoms with Crippen molar-refractivity contribution in [1.29, 1.82) is 0 Å². The molecule has 0 aromatic carbocycles. The summed E-state index contributed by atoms with van der Waals surface area (Å²) in [7, 11) is 1.81. The van der Waals surface area contributed by atoms with Crippen LogP contribution in [0.5, 0.6) is 0 Å². The van der Waals surface area contributed by atoms with E-state index in [0.717, 1.165) is 45.1 Å². The van der Waals surface area contributed by atoms with Crippen molar-refractivity contribution < 1.29 is 4.79 Å². The van der Waals surface area contributed by atoms with Gasteiger partial charge in [-0.05, 0) is 19.3 Å². The molecule has 0 saturated carbocycles. The summed E-state index contributed by atoms with van der Waals surface area (Å²) in [4.78, 5) is 46.2. The maximum Gasteiger partial charge on any atom is 0.330 e. The molecule has 8 heteroatoms. The number of carbonyl (C=O) groups excluding carboxylic acids is 1. The summed E-state index contributed by atoms with van der Waals surface area (Å²) in [6.45, 7) is 8.13. The zero-order chi connectivity index (χ0) is 21.4. The van der Waals surface area contributed by atoms with Crippen LogP contribution in [0, 0.1) is 0 Å². The molecule has 0 fully saturated rings. The summed E-state index contributed by atoms with van der Waals surface area (Å²) in [6.07, 6.45) is 6.52. The zero-order valence-electron chi connectivity index (χ0n) is 18.3. The fourth-order valence-corrected chi connectivity index (χ4v) is 3.56. The lowest BCUT2D eigenvalue weighted by Crippen LogP contribution is -2.31.